The zero-order valence-corrected chi connectivity index (χ0v) is 12.0. The van der Waals surface area contributed by atoms with Crippen molar-refractivity contribution in [3.05, 3.63) is 0 Å². The molecule has 0 aromatic heterocycles. The van der Waals surface area contributed by atoms with Gasteiger partial charge in [-0.15, -0.1) is 0 Å². The maximum atomic E-state index is 5.77. The Hall–Kier alpha value is 0.554. The molecule has 0 aliphatic heterocycles. The van der Waals surface area contributed by atoms with E-state index in [1.807, 2.05) is 27.8 Å². The molecule has 1 N–H and O–H groups in total. The topological polar surface area (TPSA) is 39.7 Å². The summed E-state index contributed by atoms with van der Waals surface area (Å²) in [5, 5.41) is 3.13. The zero-order chi connectivity index (χ0) is 11.6. The average molecular weight is 255 g/mol. The third-order valence-electron chi connectivity index (χ3n) is 2.00. The number of hydrogen-bond donors (Lipinski definition) is 1. The van der Waals surface area contributed by atoms with Gasteiger partial charge in [-0.05, 0) is 0 Å². The van der Waals surface area contributed by atoms with E-state index in [9.17, 15) is 0 Å². The molecule has 0 bridgehead atoms. The summed E-state index contributed by atoms with van der Waals surface area (Å²) in [6.07, 6.45) is 1.05. The molecular formula is C10H25NO3Ti. The van der Waals surface area contributed by atoms with Crippen LogP contribution in [0.15, 0.2) is 0 Å². The Kier molecular flexibility index (Phi) is 10.1. The number of hydrogen-bond acceptors (Lipinski definition) is 4. The summed E-state index contributed by atoms with van der Waals surface area (Å²) in [7, 11) is 1.96. The van der Waals surface area contributed by atoms with Gasteiger partial charge in [0, 0.05) is 0 Å². The van der Waals surface area contributed by atoms with Gasteiger partial charge < -0.3 is 0 Å². The van der Waals surface area contributed by atoms with E-state index >= 15 is 0 Å². The number of rotatable bonds is 10. The van der Waals surface area contributed by atoms with Crippen molar-refractivity contribution in [2.24, 2.45) is 0 Å². The molecule has 0 aliphatic rings. The molecule has 0 radical (unpaired) electrons. The third kappa shape index (κ3) is 6.66. The van der Waals surface area contributed by atoms with Gasteiger partial charge in [-0.3, -0.25) is 0 Å². The Morgan fingerprint density at radius 2 is 1.40 bits per heavy atom. The van der Waals surface area contributed by atoms with Crippen LogP contribution in [-0.2, 0) is 27.7 Å². The first kappa shape index (κ1) is 15.6. The minimum atomic E-state index is -2.91. The van der Waals surface area contributed by atoms with Crippen molar-refractivity contribution in [2.75, 3.05) is 33.4 Å². The van der Waals surface area contributed by atoms with E-state index in [2.05, 4.69) is 5.32 Å². The van der Waals surface area contributed by atoms with Crippen LogP contribution in [0.1, 0.15) is 27.2 Å². The van der Waals surface area contributed by atoms with E-state index in [-0.39, 0.29) is 0 Å². The summed E-state index contributed by atoms with van der Waals surface area (Å²) in [5.74, 6) is 0. The monoisotopic (exact) mass is 255 g/mol. The zero-order valence-electron chi connectivity index (χ0n) is 10.5. The maximum absolute atomic E-state index is 5.77. The SMILES string of the molecule is CC[O][Ti]([CH2]CCNC)([O]CC)[O]CC. The first-order chi connectivity index (χ1) is 7.24. The summed E-state index contributed by atoms with van der Waals surface area (Å²) in [5.41, 5.74) is 0. The minimum absolute atomic E-state index is 0.680. The molecule has 0 heterocycles. The van der Waals surface area contributed by atoms with Crippen LogP contribution in [0, 0.1) is 0 Å². The van der Waals surface area contributed by atoms with Gasteiger partial charge in [-0.25, -0.2) is 0 Å². The summed E-state index contributed by atoms with van der Waals surface area (Å²) >= 11 is -2.91. The van der Waals surface area contributed by atoms with Crippen LogP contribution in [0.2, 0.25) is 4.73 Å². The van der Waals surface area contributed by atoms with Gasteiger partial charge in [-0.2, -0.15) is 0 Å². The van der Waals surface area contributed by atoms with Gasteiger partial charge in [0.2, 0.25) is 0 Å². The van der Waals surface area contributed by atoms with Gasteiger partial charge in [0.15, 0.2) is 0 Å². The molecule has 15 heavy (non-hydrogen) atoms. The molecule has 0 rings (SSSR count). The Bertz CT molecular complexity index is 130. The molecule has 0 aliphatic carbocycles. The fraction of sp³-hybridized carbons (Fsp3) is 1.00. The molecule has 0 spiro atoms. The van der Waals surface area contributed by atoms with Crippen molar-refractivity contribution in [3.8, 4) is 0 Å². The fourth-order valence-electron chi connectivity index (χ4n) is 1.48. The van der Waals surface area contributed by atoms with E-state index in [0.717, 1.165) is 17.7 Å². The van der Waals surface area contributed by atoms with Crippen LogP contribution < -0.4 is 5.32 Å². The van der Waals surface area contributed by atoms with E-state index in [1.165, 1.54) is 0 Å². The van der Waals surface area contributed by atoms with Crippen LogP contribution in [0.25, 0.3) is 0 Å². The molecule has 5 heteroatoms. The molecule has 0 atom stereocenters. The first-order valence-electron chi connectivity index (χ1n) is 5.81. The van der Waals surface area contributed by atoms with Gasteiger partial charge in [-0.1, -0.05) is 0 Å². The predicted molar refractivity (Wildman–Crippen MR) is 58.2 cm³/mol. The van der Waals surface area contributed by atoms with E-state index in [0.29, 0.717) is 19.8 Å². The van der Waals surface area contributed by atoms with Crippen LogP contribution in [0.4, 0.5) is 0 Å². The first-order valence-corrected chi connectivity index (χ1v) is 8.82. The van der Waals surface area contributed by atoms with Crippen molar-refractivity contribution in [3.63, 3.8) is 0 Å². The molecule has 0 unspecified atom stereocenters. The van der Waals surface area contributed by atoms with Crippen molar-refractivity contribution < 1.29 is 27.7 Å². The summed E-state index contributed by atoms with van der Waals surface area (Å²) in [4.78, 5) is 0. The van der Waals surface area contributed by atoms with Crippen molar-refractivity contribution in [1.29, 1.82) is 0 Å². The fourth-order valence-corrected chi connectivity index (χ4v) is 5.56. The Morgan fingerprint density at radius 3 is 1.73 bits per heavy atom. The molecule has 0 saturated heterocycles. The predicted octanol–water partition coefficient (Wildman–Crippen LogP) is 2.02. The van der Waals surface area contributed by atoms with Crippen LogP contribution >= 0.6 is 0 Å². The normalized spacial score (nSPS) is 12.0. The van der Waals surface area contributed by atoms with Gasteiger partial charge in [0.25, 0.3) is 0 Å². The molecule has 4 nitrogen and oxygen atoms in total. The van der Waals surface area contributed by atoms with Crippen LogP contribution in [0.5, 0.6) is 0 Å². The van der Waals surface area contributed by atoms with E-state index in [4.69, 9.17) is 9.96 Å². The third-order valence-corrected chi connectivity index (χ3v) is 6.92. The summed E-state index contributed by atoms with van der Waals surface area (Å²) in [6, 6.07) is 0. The Labute approximate surface area is 98.5 Å². The molecule has 0 fully saturated rings. The van der Waals surface area contributed by atoms with Crippen molar-refractivity contribution in [1.82, 2.24) is 5.32 Å². The van der Waals surface area contributed by atoms with Gasteiger partial charge >= 0.3 is 98.4 Å². The van der Waals surface area contributed by atoms with E-state index < -0.39 is 17.8 Å². The number of nitrogens with one attached hydrogen (secondary N) is 1. The van der Waals surface area contributed by atoms with Gasteiger partial charge in [0.05, 0.1) is 0 Å². The molecule has 0 amide bonds. The van der Waals surface area contributed by atoms with Crippen LogP contribution in [0.3, 0.4) is 0 Å². The second-order valence-electron chi connectivity index (χ2n) is 3.19. The molecular weight excluding hydrogens is 230 g/mol. The van der Waals surface area contributed by atoms with Crippen molar-refractivity contribution >= 4 is 0 Å². The quantitative estimate of drug-likeness (QED) is 0.479. The van der Waals surface area contributed by atoms with E-state index in [1.54, 1.807) is 0 Å². The molecule has 0 aromatic rings. The van der Waals surface area contributed by atoms with Crippen LogP contribution in [-0.4, -0.2) is 33.4 Å². The molecule has 92 valence electrons. The average Bonchev–Trinajstić information content (AvgIpc) is 2.19. The Balaban J connectivity index is 4.18. The second-order valence-corrected chi connectivity index (χ2v) is 7.46. The van der Waals surface area contributed by atoms with Crippen molar-refractivity contribution in [2.45, 2.75) is 31.9 Å². The summed E-state index contributed by atoms with van der Waals surface area (Å²) < 4.78 is 18.3. The van der Waals surface area contributed by atoms with Gasteiger partial charge in [0.1, 0.15) is 0 Å². The second kappa shape index (κ2) is 9.76. The standard InChI is InChI=1S/C4H10N.3C2H5O.Ti/c1-3-4-5-2;3*1-2-3;/h5H,1,3-4H2,2H3;3*2H2,1H3;/q;3*-1;+3. The molecule has 0 aromatic carbocycles. The molecule has 0 saturated carbocycles. The Morgan fingerprint density at radius 1 is 0.933 bits per heavy atom. The summed E-state index contributed by atoms with van der Waals surface area (Å²) in [6.45, 7) is 9.02.